The first kappa shape index (κ1) is 20.2. The molecule has 0 saturated heterocycles. The van der Waals surface area contributed by atoms with Crippen LogP contribution in [0, 0.1) is 13.8 Å². The molecular formula is C19H25N3S2. The summed E-state index contributed by atoms with van der Waals surface area (Å²) in [6.07, 6.45) is 1.77. The summed E-state index contributed by atoms with van der Waals surface area (Å²) in [4.78, 5) is 12.7. The SMILES string of the molecule is CC.CC.Cc1nc2ccccc2s1.Cc1nc2ncccc2s1. The fourth-order valence-corrected chi connectivity index (χ4v) is 3.48. The summed E-state index contributed by atoms with van der Waals surface area (Å²) in [5.74, 6) is 0. The van der Waals surface area contributed by atoms with Gasteiger partial charge in [-0.25, -0.2) is 15.0 Å². The molecule has 5 heteroatoms. The molecule has 3 heterocycles. The van der Waals surface area contributed by atoms with Crippen molar-refractivity contribution in [3.8, 4) is 0 Å². The highest BCUT2D eigenvalue weighted by molar-refractivity contribution is 7.18. The van der Waals surface area contributed by atoms with E-state index in [-0.39, 0.29) is 0 Å². The second kappa shape index (κ2) is 10.8. The molecule has 3 nitrogen and oxygen atoms in total. The predicted octanol–water partition coefficient (Wildman–Crippen LogP) is 6.66. The molecule has 128 valence electrons. The summed E-state index contributed by atoms with van der Waals surface area (Å²) in [5.41, 5.74) is 1.98. The summed E-state index contributed by atoms with van der Waals surface area (Å²) in [7, 11) is 0. The highest BCUT2D eigenvalue weighted by Gasteiger charge is 1.97. The second-order valence-electron chi connectivity index (χ2n) is 4.26. The van der Waals surface area contributed by atoms with E-state index in [1.807, 2.05) is 71.9 Å². The number of thiazole rings is 2. The van der Waals surface area contributed by atoms with E-state index < -0.39 is 0 Å². The van der Waals surface area contributed by atoms with Crippen molar-refractivity contribution in [2.75, 3.05) is 0 Å². The molecule has 0 aliphatic rings. The van der Waals surface area contributed by atoms with Crippen molar-refractivity contribution >= 4 is 43.2 Å². The fraction of sp³-hybridized carbons (Fsp3) is 0.316. The number of hydrogen-bond donors (Lipinski definition) is 0. The van der Waals surface area contributed by atoms with E-state index in [1.165, 1.54) is 9.40 Å². The Hall–Kier alpha value is -1.85. The third kappa shape index (κ3) is 5.65. The predicted molar refractivity (Wildman–Crippen MR) is 109 cm³/mol. The van der Waals surface area contributed by atoms with Gasteiger partial charge in [0, 0.05) is 6.20 Å². The zero-order valence-electron chi connectivity index (χ0n) is 15.2. The Bertz CT molecular complexity index is 712. The van der Waals surface area contributed by atoms with Crippen molar-refractivity contribution in [3.05, 3.63) is 52.6 Å². The van der Waals surface area contributed by atoms with Crippen molar-refractivity contribution < 1.29 is 0 Å². The number of aromatic nitrogens is 3. The Morgan fingerprint density at radius 2 is 1.29 bits per heavy atom. The van der Waals surface area contributed by atoms with Crippen LogP contribution in [0.15, 0.2) is 42.6 Å². The number of aryl methyl sites for hydroxylation is 2. The van der Waals surface area contributed by atoms with Gasteiger partial charge >= 0.3 is 0 Å². The Morgan fingerprint density at radius 1 is 0.708 bits per heavy atom. The summed E-state index contributed by atoms with van der Waals surface area (Å²) in [6.45, 7) is 12.0. The van der Waals surface area contributed by atoms with Gasteiger partial charge in [-0.2, -0.15) is 0 Å². The van der Waals surface area contributed by atoms with E-state index >= 15 is 0 Å². The minimum Gasteiger partial charge on any atom is -0.242 e. The molecule has 0 saturated carbocycles. The smallest absolute Gasteiger partial charge is 0.170 e. The van der Waals surface area contributed by atoms with Gasteiger partial charge in [-0.3, -0.25) is 0 Å². The zero-order valence-corrected chi connectivity index (χ0v) is 16.8. The van der Waals surface area contributed by atoms with Crippen molar-refractivity contribution in [2.45, 2.75) is 41.5 Å². The van der Waals surface area contributed by atoms with Crippen LogP contribution in [0.3, 0.4) is 0 Å². The van der Waals surface area contributed by atoms with Crippen molar-refractivity contribution in [1.29, 1.82) is 0 Å². The minimum absolute atomic E-state index is 0.866. The van der Waals surface area contributed by atoms with Crippen molar-refractivity contribution in [3.63, 3.8) is 0 Å². The fourth-order valence-electron chi connectivity index (χ4n) is 1.86. The lowest BCUT2D eigenvalue weighted by Gasteiger charge is -1.80. The van der Waals surface area contributed by atoms with Gasteiger partial charge in [-0.1, -0.05) is 39.8 Å². The number of fused-ring (bicyclic) bond motifs is 2. The summed E-state index contributed by atoms with van der Waals surface area (Å²) >= 11 is 3.42. The van der Waals surface area contributed by atoms with Crippen LogP contribution in [0.5, 0.6) is 0 Å². The van der Waals surface area contributed by atoms with E-state index in [1.54, 1.807) is 28.9 Å². The lowest BCUT2D eigenvalue weighted by atomic mass is 10.3. The maximum absolute atomic E-state index is 4.33. The van der Waals surface area contributed by atoms with Crippen LogP contribution >= 0.6 is 22.7 Å². The molecule has 0 aliphatic heterocycles. The molecule has 4 rings (SSSR count). The first-order valence-corrected chi connectivity index (χ1v) is 9.86. The summed E-state index contributed by atoms with van der Waals surface area (Å²) in [5, 5.41) is 2.22. The highest BCUT2D eigenvalue weighted by atomic mass is 32.1. The summed E-state index contributed by atoms with van der Waals surface area (Å²) < 4.78 is 2.44. The van der Waals surface area contributed by atoms with Gasteiger partial charge in [0.15, 0.2) is 5.65 Å². The van der Waals surface area contributed by atoms with Gasteiger partial charge in [-0.05, 0) is 38.1 Å². The maximum atomic E-state index is 4.33. The van der Waals surface area contributed by atoms with Crippen LogP contribution in [0.2, 0.25) is 0 Å². The molecule has 0 spiro atoms. The van der Waals surface area contributed by atoms with Crippen molar-refractivity contribution in [1.82, 2.24) is 15.0 Å². The summed E-state index contributed by atoms with van der Waals surface area (Å²) in [6, 6.07) is 12.2. The molecular weight excluding hydrogens is 334 g/mol. The third-order valence-electron chi connectivity index (χ3n) is 2.67. The normalized spacial score (nSPS) is 9.25. The van der Waals surface area contributed by atoms with E-state index in [0.29, 0.717) is 0 Å². The van der Waals surface area contributed by atoms with Crippen LogP contribution < -0.4 is 0 Å². The molecule has 0 amide bonds. The number of rotatable bonds is 0. The first-order valence-electron chi connectivity index (χ1n) is 8.23. The molecule has 0 unspecified atom stereocenters. The zero-order chi connectivity index (χ0) is 17.9. The molecule has 1 aromatic carbocycles. The average Bonchev–Trinajstić information content (AvgIpc) is 3.19. The quantitative estimate of drug-likeness (QED) is 0.352. The standard InChI is InChI=1S/C8H7NS.C7H6N2S.2C2H6/c1-6-9-7-4-2-3-5-8(7)10-6;1-5-9-7-6(10-5)3-2-4-8-7;2*1-2/h2-5H,1H3;2-4H,1H3;2*1-2H3. The van der Waals surface area contributed by atoms with E-state index in [4.69, 9.17) is 0 Å². The highest BCUT2D eigenvalue weighted by Crippen LogP contribution is 2.20. The lowest BCUT2D eigenvalue weighted by molar-refractivity contribution is 1.27. The molecule has 3 aromatic heterocycles. The monoisotopic (exact) mass is 359 g/mol. The molecule has 0 aliphatic carbocycles. The van der Waals surface area contributed by atoms with E-state index in [0.717, 1.165) is 21.2 Å². The third-order valence-corrected chi connectivity index (χ3v) is 4.55. The lowest BCUT2D eigenvalue weighted by Crippen LogP contribution is -1.72. The molecule has 0 fully saturated rings. The number of benzene rings is 1. The van der Waals surface area contributed by atoms with Gasteiger partial charge < -0.3 is 0 Å². The number of para-hydroxylation sites is 1. The molecule has 0 radical (unpaired) electrons. The minimum atomic E-state index is 0.866. The van der Waals surface area contributed by atoms with Gasteiger partial charge in [0.05, 0.1) is 24.9 Å². The Kier molecular flexibility index (Phi) is 9.12. The number of hydrogen-bond acceptors (Lipinski definition) is 5. The van der Waals surface area contributed by atoms with Crippen LogP contribution in [-0.4, -0.2) is 15.0 Å². The topological polar surface area (TPSA) is 38.7 Å². The Morgan fingerprint density at radius 3 is 1.96 bits per heavy atom. The molecule has 0 bridgehead atoms. The van der Waals surface area contributed by atoms with E-state index in [2.05, 4.69) is 21.0 Å². The number of nitrogens with zero attached hydrogens (tertiary/aromatic N) is 3. The van der Waals surface area contributed by atoms with Gasteiger partial charge in [0.2, 0.25) is 0 Å². The Balaban J connectivity index is 0.000000199. The van der Waals surface area contributed by atoms with Gasteiger partial charge in [0.25, 0.3) is 0 Å². The second-order valence-corrected chi connectivity index (χ2v) is 6.73. The maximum Gasteiger partial charge on any atom is 0.170 e. The molecule has 0 N–H and O–H groups in total. The van der Waals surface area contributed by atoms with Gasteiger partial charge in [0.1, 0.15) is 0 Å². The van der Waals surface area contributed by atoms with Gasteiger partial charge in [-0.15, -0.1) is 22.7 Å². The van der Waals surface area contributed by atoms with Crippen LogP contribution in [0.4, 0.5) is 0 Å². The largest absolute Gasteiger partial charge is 0.242 e. The van der Waals surface area contributed by atoms with Crippen LogP contribution in [0.1, 0.15) is 37.7 Å². The Labute approximate surface area is 152 Å². The molecule has 4 aromatic rings. The van der Waals surface area contributed by atoms with Crippen LogP contribution in [-0.2, 0) is 0 Å². The van der Waals surface area contributed by atoms with E-state index in [9.17, 15) is 0 Å². The molecule has 0 atom stereocenters. The average molecular weight is 360 g/mol. The molecule has 24 heavy (non-hydrogen) atoms. The number of pyridine rings is 1. The van der Waals surface area contributed by atoms with Crippen LogP contribution in [0.25, 0.3) is 20.6 Å². The first-order chi connectivity index (χ1) is 11.7. The van der Waals surface area contributed by atoms with Crippen molar-refractivity contribution in [2.24, 2.45) is 0 Å².